The fourth-order valence-corrected chi connectivity index (χ4v) is 2.03. The highest BCUT2D eigenvalue weighted by atomic mass is 14.4. The van der Waals surface area contributed by atoms with Crippen LogP contribution in [0.3, 0.4) is 0 Å². The second kappa shape index (κ2) is 1.75. The molecule has 0 aromatic carbocycles. The Hall–Kier alpha value is 0. The van der Waals surface area contributed by atoms with E-state index in [0.717, 1.165) is 11.8 Å². The van der Waals surface area contributed by atoms with Crippen molar-refractivity contribution >= 4 is 0 Å². The number of hydrogen-bond donors (Lipinski definition) is 0. The van der Waals surface area contributed by atoms with E-state index >= 15 is 0 Å². The molecule has 0 N–H and O–H groups in total. The van der Waals surface area contributed by atoms with Crippen LogP contribution in [0.25, 0.3) is 0 Å². The molecule has 0 amide bonds. The van der Waals surface area contributed by atoms with Crippen LogP contribution in [0, 0.1) is 24.7 Å². The van der Waals surface area contributed by atoms with Crippen molar-refractivity contribution in [1.29, 1.82) is 0 Å². The summed E-state index contributed by atoms with van der Waals surface area (Å²) in [7, 11) is 0. The van der Waals surface area contributed by atoms with E-state index in [1.54, 1.807) is 0 Å². The minimum absolute atomic E-state index is 0.995. The molecule has 2 unspecified atom stereocenters. The van der Waals surface area contributed by atoms with E-state index in [2.05, 4.69) is 12.8 Å². The molecule has 2 atom stereocenters. The van der Waals surface area contributed by atoms with Crippen molar-refractivity contribution in [3.05, 3.63) is 12.8 Å². The fourth-order valence-electron chi connectivity index (χ4n) is 2.03. The van der Waals surface area contributed by atoms with Gasteiger partial charge in [0.25, 0.3) is 0 Å². The monoisotopic (exact) mass is 108 g/mol. The molecule has 0 heteroatoms. The van der Waals surface area contributed by atoms with Gasteiger partial charge in [0.05, 0.1) is 0 Å². The molecule has 2 aliphatic carbocycles. The fraction of sp³-hybridized carbons (Fsp3) is 0.750. The molecule has 2 aliphatic rings. The molecular weight excluding hydrogens is 96.1 g/mol. The first-order valence-electron chi connectivity index (χ1n) is 3.63. The van der Waals surface area contributed by atoms with E-state index in [-0.39, 0.29) is 0 Å². The predicted octanol–water partition coefficient (Wildman–Crippen LogP) is 2.21. The summed E-state index contributed by atoms with van der Waals surface area (Å²) in [5.41, 5.74) is 0. The first kappa shape index (κ1) is 4.84. The van der Waals surface area contributed by atoms with Gasteiger partial charge in [0, 0.05) is 0 Å². The Morgan fingerprint density at radius 1 is 1.00 bits per heavy atom. The average molecular weight is 108 g/mol. The van der Waals surface area contributed by atoms with Crippen molar-refractivity contribution in [2.24, 2.45) is 11.8 Å². The van der Waals surface area contributed by atoms with Gasteiger partial charge in [-0.05, 0) is 43.9 Å². The smallest absolute Gasteiger partial charge is 0.0349 e. The van der Waals surface area contributed by atoms with E-state index in [0.29, 0.717) is 0 Å². The van der Waals surface area contributed by atoms with Crippen molar-refractivity contribution in [2.75, 3.05) is 0 Å². The van der Waals surface area contributed by atoms with Gasteiger partial charge in [-0.15, -0.1) is 0 Å². The van der Waals surface area contributed by atoms with E-state index in [1.807, 2.05) is 0 Å². The van der Waals surface area contributed by atoms with Gasteiger partial charge in [-0.2, -0.15) is 0 Å². The van der Waals surface area contributed by atoms with E-state index < -0.39 is 0 Å². The molecule has 0 aromatic rings. The Morgan fingerprint density at radius 3 is 2.25 bits per heavy atom. The summed E-state index contributed by atoms with van der Waals surface area (Å²) >= 11 is 0. The maximum Gasteiger partial charge on any atom is -0.0349 e. The van der Waals surface area contributed by atoms with Gasteiger partial charge in [0.15, 0.2) is 0 Å². The summed E-state index contributed by atoms with van der Waals surface area (Å²) in [5, 5.41) is 0. The average Bonchev–Trinajstić information content (AvgIpc) is 2.15. The molecule has 0 aromatic heterocycles. The van der Waals surface area contributed by atoms with Crippen molar-refractivity contribution in [1.82, 2.24) is 0 Å². The lowest BCUT2D eigenvalue weighted by Gasteiger charge is -2.04. The van der Waals surface area contributed by atoms with Crippen LogP contribution in [0.4, 0.5) is 0 Å². The molecule has 0 saturated heterocycles. The van der Waals surface area contributed by atoms with Gasteiger partial charge >= 0.3 is 0 Å². The number of hydrogen-bond acceptors (Lipinski definition) is 0. The lowest BCUT2D eigenvalue weighted by molar-refractivity contribution is 0.551. The number of fused-ring (bicyclic) bond motifs is 1. The van der Waals surface area contributed by atoms with E-state index in [9.17, 15) is 0 Å². The predicted molar refractivity (Wildman–Crippen MR) is 34.0 cm³/mol. The Morgan fingerprint density at radius 2 is 1.62 bits per heavy atom. The quantitative estimate of drug-likeness (QED) is 0.446. The molecule has 2 rings (SSSR count). The van der Waals surface area contributed by atoms with Crippen molar-refractivity contribution in [3.8, 4) is 0 Å². The summed E-state index contributed by atoms with van der Waals surface area (Å²) in [6.07, 6.45) is 10.7. The third-order valence-corrected chi connectivity index (χ3v) is 2.50. The molecule has 0 bridgehead atoms. The normalized spacial score (nSPS) is 45.0. The lowest BCUT2D eigenvalue weighted by Crippen LogP contribution is -1.96. The molecule has 0 nitrogen and oxygen atoms in total. The summed E-state index contributed by atoms with van der Waals surface area (Å²) in [6.45, 7) is 0. The standard InChI is InChI=1S/C8H12/c1-3-7-5-2-6-8(7)4-1/h3-4,7-8H,1-2,5-6H2. The van der Waals surface area contributed by atoms with Gasteiger partial charge in [-0.25, -0.2) is 0 Å². The summed E-state index contributed by atoms with van der Waals surface area (Å²) in [4.78, 5) is 0. The van der Waals surface area contributed by atoms with Gasteiger partial charge in [0.2, 0.25) is 0 Å². The van der Waals surface area contributed by atoms with Crippen LogP contribution in [-0.2, 0) is 0 Å². The van der Waals surface area contributed by atoms with Crippen LogP contribution in [0.5, 0.6) is 0 Å². The molecular formula is C8H12. The topological polar surface area (TPSA) is 0 Å². The molecule has 0 aliphatic heterocycles. The van der Waals surface area contributed by atoms with Crippen LogP contribution in [0.1, 0.15) is 25.7 Å². The van der Waals surface area contributed by atoms with Crippen LogP contribution in [-0.4, -0.2) is 0 Å². The van der Waals surface area contributed by atoms with Crippen LogP contribution in [0.2, 0.25) is 0 Å². The largest absolute Gasteiger partial charge is 0.0527 e. The van der Waals surface area contributed by atoms with E-state index in [1.165, 1.54) is 25.7 Å². The molecule has 44 valence electrons. The molecule has 2 radical (unpaired) electrons. The minimum Gasteiger partial charge on any atom is -0.0527 e. The van der Waals surface area contributed by atoms with Crippen molar-refractivity contribution in [3.63, 3.8) is 0 Å². The van der Waals surface area contributed by atoms with Gasteiger partial charge in [0.1, 0.15) is 0 Å². The summed E-state index contributed by atoms with van der Waals surface area (Å²) in [6, 6.07) is 0. The third-order valence-electron chi connectivity index (χ3n) is 2.50. The molecule has 2 saturated carbocycles. The van der Waals surface area contributed by atoms with E-state index in [4.69, 9.17) is 0 Å². The highest BCUT2D eigenvalue weighted by molar-refractivity contribution is 5.03. The Labute approximate surface area is 51.3 Å². The number of rotatable bonds is 0. The lowest BCUT2D eigenvalue weighted by atomic mass is 10.0. The molecule has 0 heterocycles. The molecule has 2 fully saturated rings. The Kier molecular flexibility index (Phi) is 1.06. The highest BCUT2D eigenvalue weighted by Crippen LogP contribution is 2.42. The maximum atomic E-state index is 2.48. The zero-order valence-electron chi connectivity index (χ0n) is 5.14. The minimum atomic E-state index is 0.995. The maximum absolute atomic E-state index is 2.48. The van der Waals surface area contributed by atoms with Gasteiger partial charge in [-0.1, -0.05) is 6.42 Å². The summed E-state index contributed by atoms with van der Waals surface area (Å²) < 4.78 is 0. The Bertz CT molecular complexity index is 66.0. The van der Waals surface area contributed by atoms with Gasteiger partial charge in [-0.3, -0.25) is 0 Å². The molecule has 0 spiro atoms. The first-order chi connectivity index (χ1) is 3.97. The second-order valence-corrected chi connectivity index (χ2v) is 2.97. The highest BCUT2D eigenvalue weighted by Gasteiger charge is 2.31. The SMILES string of the molecule is [CH]1C[CH]C2CCCC12. The van der Waals surface area contributed by atoms with Crippen molar-refractivity contribution < 1.29 is 0 Å². The van der Waals surface area contributed by atoms with Gasteiger partial charge < -0.3 is 0 Å². The Balaban J connectivity index is 2.04. The molecule has 8 heavy (non-hydrogen) atoms. The van der Waals surface area contributed by atoms with Crippen LogP contribution >= 0.6 is 0 Å². The third kappa shape index (κ3) is 0.586. The summed E-state index contributed by atoms with van der Waals surface area (Å²) in [5.74, 6) is 1.99. The first-order valence-corrected chi connectivity index (χ1v) is 3.63. The van der Waals surface area contributed by atoms with Crippen LogP contribution < -0.4 is 0 Å². The zero-order valence-corrected chi connectivity index (χ0v) is 5.14. The second-order valence-electron chi connectivity index (χ2n) is 2.97. The zero-order chi connectivity index (χ0) is 5.40. The van der Waals surface area contributed by atoms with Crippen LogP contribution in [0.15, 0.2) is 0 Å². The van der Waals surface area contributed by atoms with Crippen molar-refractivity contribution in [2.45, 2.75) is 25.7 Å².